The van der Waals surface area contributed by atoms with Crippen LogP contribution in [-0.4, -0.2) is 27.2 Å². The molecule has 2 N–H and O–H groups in total. The number of benzene rings is 2. The van der Waals surface area contributed by atoms with Crippen molar-refractivity contribution in [3.63, 3.8) is 0 Å². The molecule has 6 heteroatoms. The van der Waals surface area contributed by atoms with Gasteiger partial charge in [0, 0.05) is 6.54 Å². The summed E-state index contributed by atoms with van der Waals surface area (Å²) in [6.07, 6.45) is 2.15. The summed E-state index contributed by atoms with van der Waals surface area (Å²) in [5.74, 6) is 0.740. The van der Waals surface area contributed by atoms with Crippen LogP contribution < -0.4 is 9.46 Å². The largest absolute Gasteiger partial charge is 0.497 e. The molecule has 0 aromatic heterocycles. The van der Waals surface area contributed by atoms with E-state index in [1.807, 2.05) is 32.0 Å². The third-order valence-electron chi connectivity index (χ3n) is 5.49. The zero-order valence-corrected chi connectivity index (χ0v) is 17.1. The molecule has 0 amide bonds. The molecule has 146 valence electrons. The van der Waals surface area contributed by atoms with Crippen LogP contribution in [0.5, 0.6) is 5.75 Å². The summed E-state index contributed by atoms with van der Waals surface area (Å²) in [5.41, 5.74) is 3.24. The highest BCUT2D eigenvalue weighted by atomic mass is 32.2. The maximum Gasteiger partial charge on any atom is 0.240 e. The first-order valence-electron chi connectivity index (χ1n) is 9.13. The molecular formula is C21H27NO4S. The van der Waals surface area contributed by atoms with Crippen LogP contribution in [0.4, 0.5) is 0 Å². The Hall–Kier alpha value is -1.89. The maximum absolute atomic E-state index is 12.9. The van der Waals surface area contributed by atoms with E-state index in [0.29, 0.717) is 12.0 Å². The maximum atomic E-state index is 12.9. The highest BCUT2D eigenvalue weighted by Gasteiger charge is 2.36. The number of hydrogen-bond donors (Lipinski definition) is 2. The van der Waals surface area contributed by atoms with Gasteiger partial charge in [0.2, 0.25) is 10.0 Å². The van der Waals surface area contributed by atoms with E-state index in [4.69, 9.17) is 4.74 Å². The van der Waals surface area contributed by atoms with Crippen LogP contribution in [0.15, 0.2) is 35.2 Å². The first-order valence-corrected chi connectivity index (χ1v) is 10.6. The number of nitrogens with one attached hydrogen (secondary N) is 1. The second-order valence-electron chi connectivity index (χ2n) is 7.43. The monoisotopic (exact) mass is 389 g/mol. The van der Waals surface area contributed by atoms with Crippen LogP contribution in [0.25, 0.3) is 0 Å². The van der Waals surface area contributed by atoms with E-state index in [1.165, 1.54) is 0 Å². The van der Waals surface area contributed by atoms with Gasteiger partial charge in [-0.3, -0.25) is 0 Å². The fraction of sp³-hybridized carbons (Fsp3) is 0.429. The first kappa shape index (κ1) is 19.9. The molecule has 0 saturated heterocycles. The van der Waals surface area contributed by atoms with Gasteiger partial charge in [0.15, 0.2) is 0 Å². The average molecular weight is 390 g/mol. The fourth-order valence-electron chi connectivity index (χ4n) is 3.76. The standard InChI is InChI=1S/C21H27NO4S/c1-14-10-16(3)20(11-15(14)2)27(24,25)22-13-21(23)9-5-6-17-12-18(26-4)7-8-19(17)21/h7-8,10-12,22-23H,5-6,9,13H2,1-4H3. The first-order chi connectivity index (χ1) is 12.7. The lowest BCUT2D eigenvalue weighted by molar-refractivity contribution is 0.0242. The van der Waals surface area contributed by atoms with E-state index in [-0.39, 0.29) is 11.4 Å². The summed E-state index contributed by atoms with van der Waals surface area (Å²) in [7, 11) is -2.11. The topological polar surface area (TPSA) is 75.6 Å². The number of methoxy groups -OCH3 is 1. The molecule has 1 atom stereocenters. The van der Waals surface area contributed by atoms with Gasteiger partial charge in [0.25, 0.3) is 0 Å². The lowest BCUT2D eigenvalue weighted by Crippen LogP contribution is -2.43. The van der Waals surface area contributed by atoms with Crippen LogP contribution >= 0.6 is 0 Å². The summed E-state index contributed by atoms with van der Waals surface area (Å²) >= 11 is 0. The Morgan fingerprint density at radius 1 is 1.11 bits per heavy atom. The molecule has 0 spiro atoms. The smallest absolute Gasteiger partial charge is 0.240 e. The van der Waals surface area contributed by atoms with Crippen LogP contribution in [0.2, 0.25) is 0 Å². The van der Waals surface area contributed by atoms with Gasteiger partial charge < -0.3 is 9.84 Å². The average Bonchev–Trinajstić information content (AvgIpc) is 2.63. The lowest BCUT2D eigenvalue weighted by atomic mass is 9.79. The molecule has 2 aromatic carbocycles. The molecule has 2 aromatic rings. The molecule has 1 aliphatic carbocycles. The molecule has 3 rings (SSSR count). The number of rotatable bonds is 5. The molecule has 0 fully saturated rings. The van der Waals surface area contributed by atoms with Crippen molar-refractivity contribution in [2.75, 3.05) is 13.7 Å². The Labute approximate surface area is 161 Å². The fourth-order valence-corrected chi connectivity index (χ4v) is 5.16. The highest BCUT2D eigenvalue weighted by Crippen LogP contribution is 2.37. The van der Waals surface area contributed by atoms with Gasteiger partial charge in [-0.2, -0.15) is 0 Å². The van der Waals surface area contributed by atoms with Crippen molar-refractivity contribution in [2.45, 2.75) is 50.5 Å². The summed E-state index contributed by atoms with van der Waals surface area (Å²) < 4.78 is 33.6. The van der Waals surface area contributed by atoms with Crippen molar-refractivity contribution in [3.8, 4) is 5.75 Å². The van der Waals surface area contributed by atoms with E-state index >= 15 is 0 Å². The zero-order chi connectivity index (χ0) is 19.8. The number of fused-ring (bicyclic) bond motifs is 1. The number of aryl methyl sites for hydroxylation is 4. The Morgan fingerprint density at radius 2 is 1.81 bits per heavy atom. The SMILES string of the molecule is COc1ccc2c(c1)CCCC2(O)CNS(=O)(=O)c1cc(C)c(C)cc1C. The van der Waals surface area contributed by atoms with Crippen molar-refractivity contribution in [1.82, 2.24) is 4.72 Å². The van der Waals surface area contributed by atoms with Gasteiger partial charge in [-0.1, -0.05) is 12.1 Å². The predicted octanol–water partition coefficient (Wildman–Crippen LogP) is 3.12. The highest BCUT2D eigenvalue weighted by molar-refractivity contribution is 7.89. The number of sulfonamides is 1. The summed E-state index contributed by atoms with van der Waals surface area (Å²) in [6.45, 7) is 5.59. The van der Waals surface area contributed by atoms with E-state index in [1.54, 1.807) is 26.2 Å². The molecular weight excluding hydrogens is 362 g/mol. The van der Waals surface area contributed by atoms with Crippen molar-refractivity contribution >= 4 is 10.0 Å². The van der Waals surface area contributed by atoms with Gasteiger partial charge in [-0.05, 0) is 86.1 Å². The van der Waals surface area contributed by atoms with E-state index in [9.17, 15) is 13.5 Å². The minimum atomic E-state index is -3.72. The zero-order valence-electron chi connectivity index (χ0n) is 16.3. The number of aliphatic hydroxyl groups is 1. The van der Waals surface area contributed by atoms with Crippen molar-refractivity contribution in [2.24, 2.45) is 0 Å². The predicted molar refractivity (Wildman–Crippen MR) is 106 cm³/mol. The van der Waals surface area contributed by atoms with Gasteiger partial charge in [0.05, 0.1) is 12.0 Å². The third-order valence-corrected chi connectivity index (χ3v) is 7.03. The summed E-state index contributed by atoms with van der Waals surface area (Å²) in [5, 5.41) is 11.2. The molecule has 27 heavy (non-hydrogen) atoms. The lowest BCUT2D eigenvalue weighted by Gasteiger charge is -2.35. The summed E-state index contributed by atoms with van der Waals surface area (Å²) in [4.78, 5) is 0.264. The van der Waals surface area contributed by atoms with Gasteiger partial charge in [0.1, 0.15) is 11.4 Å². The molecule has 0 saturated carbocycles. The van der Waals surface area contributed by atoms with Crippen molar-refractivity contribution in [1.29, 1.82) is 0 Å². The molecule has 0 heterocycles. The van der Waals surface area contributed by atoms with Crippen LogP contribution in [0.3, 0.4) is 0 Å². The van der Waals surface area contributed by atoms with E-state index in [2.05, 4.69) is 4.72 Å². The quantitative estimate of drug-likeness (QED) is 0.824. The van der Waals surface area contributed by atoms with Crippen LogP contribution in [-0.2, 0) is 22.0 Å². The number of hydrogen-bond acceptors (Lipinski definition) is 4. The Kier molecular flexibility index (Phi) is 5.34. The number of ether oxygens (including phenoxy) is 1. The molecule has 0 bridgehead atoms. The molecule has 5 nitrogen and oxygen atoms in total. The molecule has 0 radical (unpaired) electrons. The Balaban J connectivity index is 1.88. The minimum absolute atomic E-state index is 0.0545. The normalized spacial score (nSPS) is 19.6. The second-order valence-corrected chi connectivity index (χ2v) is 9.17. The molecule has 1 aliphatic rings. The molecule has 0 aliphatic heterocycles. The van der Waals surface area contributed by atoms with E-state index < -0.39 is 15.6 Å². The van der Waals surface area contributed by atoms with Crippen LogP contribution in [0, 0.1) is 20.8 Å². The Bertz CT molecular complexity index is 968. The van der Waals surface area contributed by atoms with Gasteiger partial charge in [-0.25, -0.2) is 13.1 Å². The van der Waals surface area contributed by atoms with Crippen molar-refractivity contribution < 1.29 is 18.3 Å². The van der Waals surface area contributed by atoms with Gasteiger partial charge in [-0.15, -0.1) is 0 Å². The van der Waals surface area contributed by atoms with Gasteiger partial charge >= 0.3 is 0 Å². The minimum Gasteiger partial charge on any atom is -0.497 e. The summed E-state index contributed by atoms with van der Waals surface area (Å²) in [6, 6.07) is 9.12. The van der Waals surface area contributed by atoms with E-state index in [0.717, 1.165) is 40.8 Å². The van der Waals surface area contributed by atoms with Crippen LogP contribution in [0.1, 0.15) is 40.7 Å². The van der Waals surface area contributed by atoms with Crippen molar-refractivity contribution in [3.05, 3.63) is 58.1 Å². The third kappa shape index (κ3) is 3.88. The second kappa shape index (κ2) is 7.26. The Morgan fingerprint density at radius 3 is 2.52 bits per heavy atom. The molecule has 1 unspecified atom stereocenters.